The molecule has 0 aliphatic heterocycles. The number of halogens is 4. The fourth-order valence-electron chi connectivity index (χ4n) is 1.24. The molecule has 1 aromatic carbocycles. The number of hydrogen-bond acceptors (Lipinski definition) is 2. The van der Waals surface area contributed by atoms with E-state index in [1.54, 1.807) is 0 Å². The zero-order chi connectivity index (χ0) is 13.8. The molecule has 0 unspecified atom stereocenters. The third-order valence-electron chi connectivity index (χ3n) is 2.13. The first kappa shape index (κ1) is 14.6. The number of alkyl halides is 3. The van der Waals surface area contributed by atoms with E-state index in [1.165, 1.54) is 18.2 Å². The highest BCUT2D eigenvalue weighted by Gasteiger charge is 2.26. The fourth-order valence-corrected chi connectivity index (χ4v) is 1.42. The number of phenols is 1. The van der Waals surface area contributed by atoms with Crippen LogP contribution < -0.4 is 5.32 Å². The van der Waals surface area contributed by atoms with Crippen molar-refractivity contribution in [3.8, 4) is 5.75 Å². The predicted molar refractivity (Wildman–Crippen MR) is 60.7 cm³/mol. The van der Waals surface area contributed by atoms with E-state index in [0.29, 0.717) is 0 Å². The van der Waals surface area contributed by atoms with Crippen molar-refractivity contribution in [2.75, 3.05) is 6.54 Å². The minimum atomic E-state index is -4.22. The smallest absolute Gasteiger partial charge is 0.389 e. The average Bonchev–Trinajstić information content (AvgIpc) is 2.26. The zero-order valence-corrected chi connectivity index (χ0v) is 9.98. The lowest BCUT2D eigenvalue weighted by molar-refractivity contribution is -0.135. The molecular formula is C11H11ClF3NO2. The summed E-state index contributed by atoms with van der Waals surface area (Å²) in [4.78, 5) is 11.5. The van der Waals surface area contributed by atoms with Crippen molar-refractivity contribution in [1.82, 2.24) is 5.32 Å². The molecule has 0 bridgehead atoms. The van der Waals surface area contributed by atoms with E-state index in [4.69, 9.17) is 16.7 Å². The van der Waals surface area contributed by atoms with E-state index in [-0.39, 0.29) is 29.3 Å². The minimum Gasteiger partial charge on any atom is -0.506 e. The predicted octanol–water partition coefficient (Wildman–Crippen LogP) is 3.12. The Hall–Kier alpha value is -1.43. The molecule has 0 aliphatic rings. The molecule has 7 heteroatoms. The van der Waals surface area contributed by atoms with E-state index in [2.05, 4.69) is 5.32 Å². The summed E-state index contributed by atoms with van der Waals surface area (Å²) in [5.74, 6) is -0.690. The van der Waals surface area contributed by atoms with Crippen LogP contribution in [0, 0.1) is 0 Å². The number of nitrogens with one attached hydrogen (secondary N) is 1. The van der Waals surface area contributed by atoms with Crippen molar-refractivity contribution >= 4 is 17.5 Å². The summed E-state index contributed by atoms with van der Waals surface area (Å²) in [6.07, 6.45) is -5.34. The van der Waals surface area contributed by atoms with E-state index < -0.39 is 18.5 Å². The van der Waals surface area contributed by atoms with Gasteiger partial charge in [-0.25, -0.2) is 0 Å². The summed E-state index contributed by atoms with van der Waals surface area (Å²) < 4.78 is 35.5. The van der Waals surface area contributed by atoms with Gasteiger partial charge in [0.1, 0.15) is 5.75 Å². The molecule has 0 saturated carbocycles. The van der Waals surface area contributed by atoms with Crippen molar-refractivity contribution < 1.29 is 23.1 Å². The van der Waals surface area contributed by atoms with Gasteiger partial charge in [-0.1, -0.05) is 11.6 Å². The van der Waals surface area contributed by atoms with Gasteiger partial charge in [0.25, 0.3) is 5.91 Å². The van der Waals surface area contributed by atoms with Crippen LogP contribution in [0.25, 0.3) is 0 Å². The molecule has 3 nitrogen and oxygen atoms in total. The molecule has 1 aromatic rings. The second kappa shape index (κ2) is 5.95. The molecule has 18 heavy (non-hydrogen) atoms. The largest absolute Gasteiger partial charge is 0.506 e. The number of carbonyl (C=O) groups excluding carboxylic acids is 1. The second-order valence-electron chi connectivity index (χ2n) is 3.64. The number of hydrogen-bond donors (Lipinski definition) is 2. The first-order valence-electron chi connectivity index (χ1n) is 5.13. The summed E-state index contributed by atoms with van der Waals surface area (Å²) in [6.45, 7) is -0.0726. The molecule has 0 spiro atoms. The van der Waals surface area contributed by atoms with Crippen LogP contribution in [-0.2, 0) is 0 Å². The molecule has 1 amide bonds. The lowest BCUT2D eigenvalue weighted by Crippen LogP contribution is -2.25. The van der Waals surface area contributed by atoms with E-state index >= 15 is 0 Å². The van der Waals surface area contributed by atoms with Crippen molar-refractivity contribution in [2.45, 2.75) is 19.0 Å². The molecule has 0 saturated heterocycles. The molecule has 2 N–H and O–H groups in total. The Morgan fingerprint density at radius 2 is 2.06 bits per heavy atom. The van der Waals surface area contributed by atoms with Gasteiger partial charge in [-0.2, -0.15) is 13.2 Å². The number of phenolic OH excluding ortho intramolecular Hbond substituents is 1. The van der Waals surface area contributed by atoms with Crippen LogP contribution in [0.5, 0.6) is 5.75 Å². The molecule has 1 rings (SSSR count). The maximum absolute atomic E-state index is 11.8. The number of rotatable bonds is 4. The Balaban J connectivity index is 2.43. The third kappa shape index (κ3) is 4.83. The third-order valence-corrected chi connectivity index (χ3v) is 2.44. The number of amides is 1. The molecular weight excluding hydrogens is 271 g/mol. The monoisotopic (exact) mass is 281 g/mol. The quantitative estimate of drug-likeness (QED) is 0.833. The highest BCUT2D eigenvalue weighted by Crippen LogP contribution is 2.23. The molecule has 0 radical (unpaired) electrons. The molecule has 0 atom stereocenters. The van der Waals surface area contributed by atoms with Gasteiger partial charge in [0.2, 0.25) is 0 Å². The van der Waals surface area contributed by atoms with Crippen molar-refractivity contribution in [2.24, 2.45) is 0 Å². The lowest BCUT2D eigenvalue weighted by Gasteiger charge is -2.08. The van der Waals surface area contributed by atoms with Gasteiger partial charge >= 0.3 is 6.18 Å². The summed E-state index contributed by atoms with van der Waals surface area (Å²) in [7, 11) is 0. The van der Waals surface area contributed by atoms with E-state index in [1.807, 2.05) is 0 Å². The minimum absolute atomic E-state index is 0.0120. The number of benzene rings is 1. The Labute approximate surface area is 107 Å². The van der Waals surface area contributed by atoms with E-state index in [0.717, 1.165) is 0 Å². The Bertz CT molecular complexity index is 435. The second-order valence-corrected chi connectivity index (χ2v) is 4.05. The van der Waals surface area contributed by atoms with Crippen LogP contribution in [-0.4, -0.2) is 23.7 Å². The Morgan fingerprint density at radius 1 is 1.39 bits per heavy atom. The zero-order valence-electron chi connectivity index (χ0n) is 9.22. The van der Waals surface area contributed by atoms with Crippen LogP contribution >= 0.6 is 11.6 Å². The van der Waals surface area contributed by atoms with Gasteiger partial charge < -0.3 is 10.4 Å². The van der Waals surface area contributed by atoms with Crippen LogP contribution in [0.15, 0.2) is 18.2 Å². The summed E-state index contributed by atoms with van der Waals surface area (Å²) in [5, 5.41) is 11.5. The Morgan fingerprint density at radius 3 is 2.61 bits per heavy atom. The van der Waals surface area contributed by atoms with Gasteiger partial charge in [-0.05, 0) is 24.6 Å². The maximum Gasteiger partial charge on any atom is 0.389 e. The lowest BCUT2D eigenvalue weighted by atomic mass is 10.2. The van der Waals surface area contributed by atoms with Gasteiger partial charge in [0, 0.05) is 18.5 Å². The van der Waals surface area contributed by atoms with Crippen LogP contribution in [0.4, 0.5) is 13.2 Å². The van der Waals surface area contributed by atoms with Crippen LogP contribution in [0.3, 0.4) is 0 Å². The van der Waals surface area contributed by atoms with Gasteiger partial charge in [0.15, 0.2) is 0 Å². The highest BCUT2D eigenvalue weighted by atomic mass is 35.5. The van der Waals surface area contributed by atoms with Crippen LogP contribution in [0.1, 0.15) is 23.2 Å². The normalized spacial score (nSPS) is 11.3. The van der Waals surface area contributed by atoms with Crippen molar-refractivity contribution in [3.05, 3.63) is 28.8 Å². The number of aromatic hydroxyl groups is 1. The van der Waals surface area contributed by atoms with Gasteiger partial charge in [-0.15, -0.1) is 0 Å². The summed E-state index contributed by atoms with van der Waals surface area (Å²) in [6, 6.07) is 3.82. The Kier molecular flexibility index (Phi) is 4.84. The molecule has 0 aliphatic carbocycles. The molecule has 0 fully saturated rings. The maximum atomic E-state index is 11.8. The first-order valence-corrected chi connectivity index (χ1v) is 5.51. The SMILES string of the molecule is O=C(NCCCC(F)(F)F)c1ccc(O)c(Cl)c1. The fraction of sp³-hybridized carbons (Fsp3) is 0.364. The molecule has 100 valence electrons. The van der Waals surface area contributed by atoms with Crippen molar-refractivity contribution in [1.29, 1.82) is 0 Å². The van der Waals surface area contributed by atoms with Crippen molar-refractivity contribution in [3.63, 3.8) is 0 Å². The highest BCUT2D eigenvalue weighted by molar-refractivity contribution is 6.32. The van der Waals surface area contributed by atoms with E-state index in [9.17, 15) is 18.0 Å². The standard InChI is InChI=1S/C11H11ClF3NO2/c12-8-6-7(2-3-9(8)17)10(18)16-5-1-4-11(13,14)15/h2-3,6,17H,1,4-5H2,(H,16,18). The number of carbonyl (C=O) groups is 1. The molecule has 0 aromatic heterocycles. The van der Waals surface area contributed by atoms with Gasteiger partial charge in [-0.3, -0.25) is 4.79 Å². The summed E-state index contributed by atoms with van der Waals surface area (Å²) in [5.41, 5.74) is 0.185. The van der Waals surface area contributed by atoms with Gasteiger partial charge in [0.05, 0.1) is 5.02 Å². The summed E-state index contributed by atoms with van der Waals surface area (Å²) >= 11 is 5.60. The molecule has 0 heterocycles. The topological polar surface area (TPSA) is 49.3 Å². The average molecular weight is 282 g/mol. The first-order chi connectivity index (χ1) is 8.29. The van der Waals surface area contributed by atoms with Crippen LogP contribution in [0.2, 0.25) is 5.02 Å².